The Balaban J connectivity index is 1.35. The molecule has 0 radical (unpaired) electrons. The fourth-order valence-corrected chi connectivity index (χ4v) is 4.89. The minimum atomic E-state index is -0.461. The van der Waals surface area contributed by atoms with E-state index in [-0.39, 0.29) is 23.7 Å². The Morgan fingerprint density at radius 1 is 1.21 bits per heavy atom. The molecule has 0 bridgehead atoms. The van der Waals surface area contributed by atoms with Gasteiger partial charge in [0.05, 0.1) is 36.6 Å². The average Bonchev–Trinajstić information content (AvgIpc) is 3.42. The summed E-state index contributed by atoms with van der Waals surface area (Å²) in [5, 5.41) is 15.0. The summed E-state index contributed by atoms with van der Waals surface area (Å²) in [5.74, 6) is 0.586. The molecule has 3 aromatic rings. The van der Waals surface area contributed by atoms with Crippen molar-refractivity contribution >= 4 is 16.9 Å². The number of rotatable bonds is 3. The lowest BCUT2D eigenvalue weighted by atomic mass is 9.77. The molecule has 0 spiro atoms. The second-order valence-electron chi connectivity index (χ2n) is 8.02. The monoisotopic (exact) mass is 396 g/mol. The van der Waals surface area contributed by atoms with E-state index in [0.717, 1.165) is 17.5 Å². The van der Waals surface area contributed by atoms with E-state index in [4.69, 9.17) is 4.74 Å². The van der Waals surface area contributed by atoms with Gasteiger partial charge >= 0.3 is 6.01 Å². The molecule has 2 fully saturated rings. The number of nitrogens with zero attached hydrogens (tertiary/aromatic N) is 6. The Morgan fingerprint density at radius 3 is 2.72 bits per heavy atom. The number of aryl methyl sites for hydroxylation is 1. The summed E-state index contributed by atoms with van der Waals surface area (Å²) < 4.78 is 8.66. The van der Waals surface area contributed by atoms with E-state index in [9.17, 15) is 9.90 Å². The summed E-state index contributed by atoms with van der Waals surface area (Å²) in [6.07, 6.45) is 2.84. The number of carbonyl (C=O) groups excluding carboxylic acids is 1. The molecule has 2 aliphatic rings. The van der Waals surface area contributed by atoms with Gasteiger partial charge in [-0.3, -0.25) is 4.79 Å². The van der Waals surface area contributed by atoms with Crippen LogP contribution in [0.2, 0.25) is 0 Å². The number of imidazole rings is 1. The van der Waals surface area contributed by atoms with Gasteiger partial charge in [-0.25, -0.2) is 9.67 Å². The minimum Gasteiger partial charge on any atom is -0.467 e. The van der Waals surface area contributed by atoms with Crippen molar-refractivity contribution < 1.29 is 14.6 Å². The van der Waals surface area contributed by atoms with Gasteiger partial charge in [0.25, 0.3) is 5.91 Å². The molecule has 5 rings (SSSR count). The van der Waals surface area contributed by atoms with Crippen molar-refractivity contribution in [3.63, 3.8) is 0 Å². The van der Waals surface area contributed by atoms with Crippen LogP contribution in [0.25, 0.3) is 11.0 Å². The molecule has 1 aromatic carbocycles. The zero-order valence-corrected chi connectivity index (χ0v) is 16.5. The van der Waals surface area contributed by atoms with Crippen LogP contribution in [0.4, 0.5) is 0 Å². The first-order valence-electron chi connectivity index (χ1n) is 9.89. The van der Waals surface area contributed by atoms with Crippen molar-refractivity contribution in [1.29, 1.82) is 0 Å². The Morgan fingerprint density at radius 2 is 1.97 bits per heavy atom. The van der Waals surface area contributed by atoms with Gasteiger partial charge in [0.1, 0.15) is 0 Å². The molecular formula is C20H24N6O3. The minimum absolute atomic E-state index is 0.0354. The maximum absolute atomic E-state index is 12.9. The lowest BCUT2D eigenvalue weighted by Crippen LogP contribution is -2.36. The van der Waals surface area contributed by atoms with E-state index in [0.29, 0.717) is 31.4 Å². The SMILES string of the molecule is COc1nc(C(=O)N2C[C@H]3C[C@@H](n4cnc5ccccc54)[C@H](O)C[C@H]3C2)nn1C. The zero-order valence-electron chi connectivity index (χ0n) is 16.5. The number of methoxy groups -OCH3 is 1. The molecule has 1 saturated heterocycles. The number of likely N-dealkylation sites (tertiary alicyclic amines) is 1. The number of aromatic nitrogens is 5. The van der Waals surface area contributed by atoms with Crippen molar-refractivity contribution in [1.82, 2.24) is 29.2 Å². The van der Waals surface area contributed by atoms with E-state index in [2.05, 4.69) is 19.6 Å². The second-order valence-corrected chi connectivity index (χ2v) is 8.02. The van der Waals surface area contributed by atoms with E-state index in [1.807, 2.05) is 35.5 Å². The molecule has 1 aliphatic heterocycles. The molecule has 29 heavy (non-hydrogen) atoms. The average molecular weight is 396 g/mol. The highest BCUT2D eigenvalue weighted by Crippen LogP contribution is 2.42. The van der Waals surface area contributed by atoms with Crippen LogP contribution in [0.1, 0.15) is 29.5 Å². The van der Waals surface area contributed by atoms with Crippen LogP contribution in [-0.2, 0) is 7.05 Å². The lowest BCUT2D eigenvalue weighted by molar-refractivity contribution is 0.0374. The van der Waals surface area contributed by atoms with Crippen LogP contribution in [0, 0.1) is 11.8 Å². The van der Waals surface area contributed by atoms with Crippen LogP contribution in [0.3, 0.4) is 0 Å². The first-order valence-corrected chi connectivity index (χ1v) is 9.89. The third kappa shape index (κ3) is 2.96. The van der Waals surface area contributed by atoms with Crippen molar-refractivity contribution in [3.05, 3.63) is 36.4 Å². The van der Waals surface area contributed by atoms with E-state index in [1.54, 1.807) is 7.05 Å². The van der Waals surface area contributed by atoms with Crippen molar-refractivity contribution in [2.75, 3.05) is 20.2 Å². The van der Waals surface area contributed by atoms with Crippen LogP contribution < -0.4 is 4.74 Å². The van der Waals surface area contributed by atoms with Gasteiger partial charge in [0.2, 0.25) is 5.82 Å². The standard InChI is InChI=1S/C20H24N6O3/c1-24-20(29-2)22-18(23-24)19(28)25-9-12-7-16(17(27)8-13(12)10-25)26-11-21-14-5-3-4-6-15(14)26/h3-6,11-13,16-17,27H,7-10H2,1-2H3/t12-,13+,16-,17-/m1/s1. The predicted octanol–water partition coefficient (Wildman–Crippen LogP) is 1.26. The Bertz CT molecular complexity index is 1060. The number of para-hydroxylation sites is 2. The maximum Gasteiger partial charge on any atom is 0.314 e. The van der Waals surface area contributed by atoms with Gasteiger partial charge in [0, 0.05) is 20.1 Å². The first kappa shape index (κ1) is 18.1. The number of hydrogen-bond acceptors (Lipinski definition) is 6. The fraction of sp³-hybridized carbons (Fsp3) is 0.500. The number of amides is 1. The normalized spacial score (nSPS) is 26.7. The number of fused-ring (bicyclic) bond motifs is 2. The Hall–Kier alpha value is -2.94. The predicted molar refractivity (Wildman–Crippen MR) is 104 cm³/mol. The van der Waals surface area contributed by atoms with Gasteiger partial charge in [-0.05, 0) is 36.8 Å². The highest BCUT2D eigenvalue weighted by atomic mass is 16.5. The lowest BCUT2D eigenvalue weighted by Gasteiger charge is -2.36. The number of ether oxygens (including phenoxy) is 1. The van der Waals surface area contributed by atoms with E-state index >= 15 is 0 Å². The number of benzene rings is 1. The van der Waals surface area contributed by atoms with Crippen molar-refractivity contribution in [3.8, 4) is 6.01 Å². The van der Waals surface area contributed by atoms with Crippen LogP contribution in [0.15, 0.2) is 30.6 Å². The van der Waals surface area contributed by atoms with Gasteiger partial charge in [-0.15, -0.1) is 5.10 Å². The van der Waals surface area contributed by atoms with Crippen LogP contribution in [0.5, 0.6) is 6.01 Å². The van der Waals surface area contributed by atoms with Crippen molar-refractivity contribution in [2.45, 2.75) is 25.0 Å². The number of aliphatic hydroxyl groups excluding tert-OH is 1. The zero-order chi connectivity index (χ0) is 20.1. The van der Waals surface area contributed by atoms with Crippen molar-refractivity contribution in [2.24, 2.45) is 18.9 Å². The molecule has 1 amide bonds. The quantitative estimate of drug-likeness (QED) is 0.716. The summed E-state index contributed by atoms with van der Waals surface area (Å²) in [7, 11) is 3.20. The molecular weight excluding hydrogens is 372 g/mol. The van der Waals surface area contributed by atoms with Gasteiger partial charge in [0.15, 0.2) is 0 Å². The molecule has 1 aliphatic carbocycles. The van der Waals surface area contributed by atoms with E-state index in [1.165, 1.54) is 11.8 Å². The molecule has 1 saturated carbocycles. The third-order valence-corrected chi connectivity index (χ3v) is 6.33. The van der Waals surface area contributed by atoms with Crippen LogP contribution in [-0.4, -0.2) is 66.5 Å². The summed E-state index contributed by atoms with van der Waals surface area (Å²) >= 11 is 0. The largest absolute Gasteiger partial charge is 0.467 e. The first-order chi connectivity index (χ1) is 14.0. The van der Waals surface area contributed by atoms with Gasteiger partial charge < -0.3 is 19.3 Å². The Kier molecular flexibility index (Phi) is 4.27. The highest BCUT2D eigenvalue weighted by molar-refractivity contribution is 5.90. The highest BCUT2D eigenvalue weighted by Gasteiger charge is 2.44. The van der Waals surface area contributed by atoms with Gasteiger partial charge in [-0.2, -0.15) is 4.98 Å². The number of carbonyl (C=O) groups is 1. The number of hydrogen-bond donors (Lipinski definition) is 1. The van der Waals surface area contributed by atoms with E-state index < -0.39 is 6.10 Å². The molecule has 0 unspecified atom stereocenters. The summed E-state index contributed by atoms with van der Waals surface area (Å²) in [6, 6.07) is 8.25. The number of aliphatic hydroxyl groups is 1. The molecule has 9 heteroatoms. The molecule has 152 valence electrons. The summed E-state index contributed by atoms with van der Waals surface area (Å²) in [6.45, 7) is 1.28. The molecule has 1 N–H and O–H groups in total. The molecule has 9 nitrogen and oxygen atoms in total. The smallest absolute Gasteiger partial charge is 0.314 e. The molecule has 4 atom stereocenters. The van der Waals surface area contributed by atoms with Gasteiger partial charge in [-0.1, -0.05) is 12.1 Å². The summed E-state index contributed by atoms with van der Waals surface area (Å²) in [4.78, 5) is 23.3. The third-order valence-electron chi connectivity index (χ3n) is 6.33. The maximum atomic E-state index is 12.9. The van der Waals surface area contributed by atoms with Crippen LogP contribution >= 0.6 is 0 Å². The molecule has 2 aromatic heterocycles. The Labute approximate surface area is 167 Å². The fourth-order valence-electron chi connectivity index (χ4n) is 4.89. The second kappa shape index (κ2) is 6.84. The summed E-state index contributed by atoms with van der Waals surface area (Å²) in [5.41, 5.74) is 1.96. The molecule has 3 heterocycles. The topological polar surface area (TPSA) is 98.3 Å².